The summed E-state index contributed by atoms with van der Waals surface area (Å²) in [6, 6.07) is 0.249. The van der Waals surface area contributed by atoms with Crippen molar-refractivity contribution in [2.45, 2.75) is 51.4 Å². The molecule has 1 saturated carbocycles. The molecule has 0 aliphatic heterocycles. The highest BCUT2D eigenvalue weighted by Gasteiger charge is 2.27. The molecule has 4 heteroatoms. The second-order valence-corrected chi connectivity index (χ2v) is 4.75. The molecule has 1 rings (SSSR count). The largest absolute Gasteiger partial charge is 0.458 e. The monoisotopic (exact) mass is 201 g/mol. The Kier molecular flexibility index (Phi) is 3.50. The van der Waals surface area contributed by atoms with Gasteiger partial charge in [-0.1, -0.05) is 0 Å². The summed E-state index contributed by atoms with van der Waals surface area (Å²) in [5.41, 5.74) is 5.15. The summed E-state index contributed by atoms with van der Waals surface area (Å²) in [4.78, 5) is 11.2. The Morgan fingerprint density at radius 2 is 2.00 bits per heavy atom. The molecule has 0 atom stereocenters. The Morgan fingerprint density at radius 1 is 1.43 bits per heavy atom. The van der Waals surface area contributed by atoms with E-state index in [0.717, 1.165) is 12.8 Å². The molecule has 82 valence electrons. The second-order valence-electron chi connectivity index (χ2n) is 4.75. The average Bonchev–Trinajstić information content (AvgIpc) is 1.92. The summed E-state index contributed by atoms with van der Waals surface area (Å²) >= 11 is 0. The summed E-state index contributed by atoms with van der Waals surface area (Å²) in [5.74, 6) is -0.307. The Bertz CT molecular complexity index is 204. The van der Waals surface area contributed by atoms with Crippen LogP contribution < -0.4 is 5.73 Å². The van der Waals surface area contributed by atoms with Gasteiger partial charge in [-0.05, 0) is 33.6 Å². The third-order valence-corrected chi connectivity index (χ3v) is 1.99. The first-order valence-corrected chi connectivity index (χ1v) is 4.96. The van der Waals surface area contributed by atoms with E-state index in [1.54, 1.807) is 0 Å². The molecular formula is C10H19NO3. The molecule has 0 bridgehead atoms. The maximum atomic E-state index is 11.2. The van der Waals surface area contributed by atoms with Crippen molar-refractivity contribution in [2.24, 2.45) is 5.73 Å². The molecule has 0 radical (unpaired) electrons. The lowest BCUT2D eigenvalue weighted by atomic mass is 9.90. The zero-order valence-electron chi connectivity index (χ0n) is 9.08. The zero-order valence-corrected chi connectivity index (χ0v) is 9.08. The van der Waals surface area contributed by atoms with Crippen LogP contribution in [0.5, 0.6) is 0 Å². The smallest absolute Gasteiger partial charge is 0.332 e. The predicted octanol–water partition coefficient (Wildman–Crippen LogP) is 0.834. The van der Waals surface area contributed by atoms with Crippen LogP contribution in [-0.2, 0) is 14.3 Å². The Labute approximate surface area is 84.7 Å². The fraction of sp³-hybridized carbons (Fsp3) is 0.900. The summed E-state index contributed by atoms with van der Waals surface area (Å²) in [5, 5.41) is 0. The van der Waals surface area contributed by atoms with E-state index < -0.39 is 5.60 Å². The first kappa shape index (κ1) is 11.5. The summed E-state index contributed by atoms with van der Waals surface area (Å²) in [7, 11) is 0. The number of carbonyl (C=O) groups excluding carboxylic acids is 1. The summed E-state index contributed by atoms with van der Waals surface area (Å²) < 4.78 is 10.4. The predicted molar refractivity (Wildman–Crippen MR) is 52.8 cm³/mol. The lowest BCUT2D eigenvalue weighted by molar-refractivity contribution is -0.164. The van der Waals surface area contributed by atoms with Crippen LogP contribution in [0.25, 0.3) is 0 Å². The maximum absolute atomic E-state index is 11.2. The third-order valence-electron chi connectivity index (χ3n) is 1.99. The summed E-state index contributed by atoms with van der Waals surface area (Å²) in [6.07, 6.45) is 1.85. The standard InChI is InChI=1S/C10H19NO3/c1-10(2,3)14-9(12)6-13-8-4-7(11)5-8/h7-8H,4-6,11H2,1-3H3. The minimum atomic E-state index is -0.434. The van der Waals surface area contributed by atoms with Gasteiger partial charge >= 0.3 is 5.97 Å². The van der Waals surface area contributed by atoms with E-state index in [1.807, 2.05) is 20.8 Å². The van der Waals surface area contributed by atoms with Crippen LogP contribution in [0.1, 0.15) is 33.6 Å². The van der Waals surface area contributed by atoms with Crippen molar-refractivity contribution >= 4 is 5.97 Å². The van der Waals surface area contributed by atoms with E-state index in [9.17, 15) is 4.79 Å². The van der Waals surface area contributed by atoms with Gasteiger partial charge in [0.2, 0.25) is 0 Å². The number of rotatable bonds is 3. The number of ether oxygens (including phenoxy) is 2. The number of hydrogen-bond donors (Lipinski definition) is 1. The molecule has 4 nitrogen and oxygen atoms in total. The van der Waals surface area contributed by atoms with Gasteiger partial charge in [-0.3, -0.25) is 0 Å². The minimum Gasteiger partial charge on any atom is -0.458 e. The first-order chi connectivity index (χ1) is 6.37. The molecule has 14 heavy (non-hydrogen) atoms. The molecule has 0 aromatic heterocycles. The highest BCUT2D eigenvalue weighted by atomic mass is 16.6. The van der Waals surface area contributed by atoms with E-state index in [2.05, 4.69) is 0 Å². The molecule has 1 aliphatic rings. The van der Waals surface area contributed by atoms with Gasteiger partial charge in [0.15, 0.2) is 0 Å². The molecule has 1 aliphatic carbocycles. The van der Waals surface area contributed by atoms with Crippen molar-refractivity contribution in [3.05, 3.63) is 0 Å². The molecule has 2 N–H and O–H groups in total. The van der Waals surface area contributed by atoms with Gasteiger partial charge in [0.05, 0.1) is 6.10 Å². The zero-order chi connectivity index (χ0) is 10.8. The molecule has 0 amide bonds. The van der Waals surface area contributed by atoms with Gasteiger partial charge in [0.25, 0.3) is 0 Å². The maximum Gasteiger partial charge on any atom is 0.332 e. The Hall–Kier alpha value is -0.610. The van der Waals surface area contributed by atoms with E-state index in [0.29, 0.717) is 0 Å². The van der Waals surface area contributed by atoms with Crippen LogP contribution in [0.4, 0.5) is 0 Å². The number of nitrogens with two attached hydrogens (primary N) is 1. The number of esters is 1. The SMILES string of the molecule is CC(C)(C)OC(=O)COC1CC(N)C1. The molecule has 0 aromatic rings. The Balaban J connectivity index is 2.10. The van der Waals surface area contributed by atoms with Crippen molar-refractivity contribution in [1.29, 1.82) is 0 Å². The van der Waals surface area contributed by atoms with Gasteiger partial charge in [0, 0.05) is 6.04 Å². The van der Waals surface area contributed by atoms with Crippen molar-refractivity contribution in [1.82, 2.24) is 0 Å². The topological polar surface area (TPSA) is 61.5 Å². The van der Waals surface area contributed by atoms with Crippen LogP contribution in [0.15, 0.2) is 0 Å². The van der Waals surface area contributed by atoms with Crippen LogP contribution in [-0.4, -0.2) is 30.3 Å². The molecule has 0 saturated heterocycles. The van der Waals surface area contributed by atoms with Gasteiger partial charge in [-0.15, -0.1) is 0 Å². The van der Waals surface area contributed by atoms with Gasteiger partial charge in [-0.25, -0.2) is 4.79 Å². The normalized spacial score (nSPS) is 26.9. The van der Waals surface area contributed by atoms with Crippen LogP contribution in [0.2, 0.25) is 0 Å². The van der Waals surface area contributed by atoms with Crippen LogP contribution >= 0.6 is 0 Å². The number of carbonyl (C=O) groups is 1. The molecule has 1 fully saturated rings. The number of hydrogen-bond acceptors (Lipinski definition) is 4. The Morgan fingerprint density at radius 3 is 2.43 bits per heavy atom. The van der Waals surface area contributed by atoms with Crippen LogP contribution in [0.3, 0.4) is 0 Å². The fourth-order valence-electron chi connectivity index (χ4n) is 1.30. The van der Waals surface area contributed by atoms with E-state index in [4.69, 9.17) is 15.2 Å². The molecule has 0 unspecified atom stereocenters. The lowest BCUT2D eigenvalue weighted by Crippen LogP contribution is -2.42. The summed E-state index contributed by atoms with van der Waals surface area (Å²) in [6.45, 7) is 5.55. The van der Waals surface area contributed by atoms with E-state index in [-0.39, 0.29) is 24.7 Å². The second kappa shape index (κ2) is 4.28. The average molecular weight is 201 g/mol. The minimum absolute atomic E-state index is 0.0364. The first-order valence-electron chi connectivity index (χ1n) is 4.96. The van der Waals surface area contributed by atoms with E-state index >= 15 is 0 Å². The fourth-order valence-corrected chi connectivity index (χ4v) is 1.30. The molecule has 0 aromatic carbocycles. The van der Waals surface area contributed by atoms with Crippen LogP contribution in [0, 0.1) is 0 Å². The van der Waals surface area contributed by atoms with Crippen molar-refractivity contribution < 1.29 is 14.3 Å². The van der Waals surface area contributed by atoms with Gasteiger partial charge in [0.1, 0.15) is 12.2 Å². The van der Waals surface area contributed by atoms with E-state index in [1.165, 1.54) is 0 Å². The molecule has 0 spiro atoms. The lowest BCUT2D eigenvalue weighted by Gasteiger charge is -2.32. The quantitative estimate of drug-likeness (QED) is 0.687. The van der Waals surface area contributed by atoms with Crippen molar-refractivity contribution in [3.8, 4) is 0 Å². The van der Waals surface area contributed by atoms with Crippen molar-refractivity contribution in [3.63, 3.8) is 0 Å². The molecule has 0 heterocycles. The van der Waals surface area contributed by atoms with Crippen molar-refractivity contribution in [2.75, 3.05) is 6.61 Å². The van der Waals surface area contributed by atoms with Gasteiger partial charge < -0.3 is 15.2 Å². The third kappa shape index (κ3) is 4.07. The highest BCUT2D eigenvalue weighted by molar-refractivity contribution is 5.71. The van der Waals surface area contributed by atoms with Gasteiger partial charge in [-0.2, -0.15) is 0 Å². The molecular weight excluding hydrogens is 182 g/mol. The highest BCUT2D eigenvalue weighted by Crippen LogP contribution is 2.21.